The van der Waals surface area contributed by atoms with Crippen LogP contribution in [0.5, 0.6) is 5.75 Å². The van der Waals surface area contributed by atoms with Gasteiger partial charge in [-0.1, -0.05) is 0 Å². The Morgan fingerprint density at radius 3 is 3.17 bits per heavy atom. The number of anilines is 1. The van der Waals surface area contributed by atoms with Gasteiger partial charge in [0.25, 0.3) is 5.91 Å². The van der Waals surface area contributed by atoms with Gasteiger partial charge in [-0.3, -0.25) is 4.79 Å². The van der Waals surface area contributed by atoms with Gasteiger partial charge in [-0.2, -0.15) is 0 Å². The highest BCUT2D eigenvalue weighted by Crippen LogP contribution is 2.28. The first-order chi connectivity index (χ1) is 5.75. The highest BCUT2D eigenvalue weighted by atomic mass is 127. The number of halogens is 1. The van der Waals surface area contributed by atoms with Crippen molar-refractivity contribution < 1.29 is 9.53 Å². The zero-order valence-corrected chi connectivity index (χ0v) is 8.29. The van der Waals surface area contributed by atoms with E-state index in [9.17, 15) is 4.79 Å². The minimum absolute atomic E-state index is 0.0931. The van der Waals surface area contributed by atoms with Crippen LogP contribution < -0.4 is 10.1 Å². The minimum atomic E-state index is -0.0931. The van der Waals surface area contributed by atoms with E-state index in [-0.39, 0.29) is 12.5 Å². The van der Waals surface area contributed by atoms with Crippen molar-refractivity contribution in [1.29, 1.82) is 0 Å². The van der Waals surface area contributed by atoms with Crippen LogP contribution >= 0.6 is 22.6 Å². The largest absolute Gasteiger partial charge is 0.482 e. The normalized spacial score (nSPS) is 14.6. The van der Waals surface area contributed by atoms with Gasteiger partial charge in [-0.05, 0) is 40.8 Å². The van der Waals surface area contributed by atoms with E-state index in [1.807, 2.05) is 18.2 Å². The molecule has 3 nitrogen and oxygen atoms in total. The number of amides is 1. The Balaban J connectivity index is 2.44. The molecule has 0 bridgehead atoms. The molecule has 4 heteroatoms. The Morgan fingerprint density at radius 1 is 1.50 bits per heavy atom. The van der Waals surface area contributed by atoms with E-state index < -0.39 is 0 Å². The van der Waals surface area contributed by atoms with Crippen LogP contribution in [-0.2, 0) is 4.79 Å². The maximum Gasteiger partial charge on any atom is 0.262 e. The van der Waals surface area contributed by atoms with Crippen molar-refractivity contribution in [2.24, 2.45) is 0 Å². The quantitative estimate of drug-likeness (QED) is 0.731. The van der Waals surface area contributed by atoms with Crippen molar-refractivity contribution in [1.82, 2.24) is 0 Å². The fraction of sp³-hybridized carbons (Fsp3) is 0.125. The third-order valence-corrected chi connectivity index (χ3v) is 2.25. The first-order valence-electron chi connectivity index (χ1n) is 3.48. The van der Waals surface area contributed by atoms with Gasteiger partial charge in [0.05, 0.1) is 5.69 Å². The standard InChI is InChI=1S/C8H6INO2/c9-5-1-2-7-6(3-5)10-8(11)4-12-7/h1-3H,4H2,(H,10,11). The molecule has 1 heterocycles. The molecular formula is C8H6INO2. The molecule has 0 saturated heterocycles. The summed E-state index contributed by atoms with van der Waals surface area (Å²) in [6.07, 6.45) is 0. The third-order valence-electron chi connectivity index (χ3n) is 1.57. The van der Waals surface area contributed by atoms with Gasteiger partial charge in [0.1, 0.15) is 5.75 Å². The van der Waals surface area contributed by atoms with Gasteiger partial charge < -0.3 is 10.1 Å². The maximum absolute atomic E-state index is 10.9. The van der Waals surface area contributed by atoms with Crippen LogP contribution in [0.1, 0.15) is 0 Å². The molecule has 0 atom stereocenters. The SMILES string of the molecule is O=C1COc2ccc(I)cc2N1. The van der Waals surface area contributed by atoms with E-state index in [0.29, 0.717) is 0 Å². The molecule has 12 heavy (non-hydrogen) atoms. The number of hydrogen-bond acceptors (Lipinski definition) is 2. The summed E-state index contributed by atoms with van der Waals surface area (Å²) in [6, 6.07) is 5.68. The monoisotopic (exact) mass is 275 g/mol. The number of hydrogen-bond donors (Lipinski definition) is 1. The Morgan fingerprint density at radius 2 is 2.33 bits per heavy atom. The molecule has 1 aromatic carbocycles. The predicted octanol–water partition coefficient (Wildman–Crippen LogP) is 1.62. The van der Waals surface area contributed by atoms with E-state index >= 15 is 0 Å². The zero-order chi connectivity index (χ0) is 8.55. The molecule has 2 rings (SSSR count). The minimum Gasteiger partial charge on any atom is -0.482 e. The summed E-state index contributed by atoms with van der Waals surface area (Å²) in [6.45, 7) is 0.119. The number of benzene rings is 1. The Labute approximate surface area is 83.2 Å². The summed E-state index contributed by atoms with van der Waals surface area (Å²) in [5, 5.41) is 2.73. The summed E-state index contributed by atoms with van der Waals surface area (Å²) in [5.41, 5.74) is 0.762. The molecule has 1 aliphatic heterocycles. The van der Waals surface area contributed by atoms with E-state index in [0.717, 1.165) is 15.0 Å². The molecule has 1 aliphatic rings. The molecule has 0 aromatic heterocycles. The topological polar surface area (TPSA) is 38.3 Å². The van der Waals surface area contributed by atoms with E-state index in [1.54, 1.807) is 0 Å². The lowest BCUT2D eigenvalue weighted by Crippen LogP contribution is -2.25. The van der Waals surface area contributed by atoms with Crippen molar-refractivity contribution in [3.63, 3.8) is 0 Å². The van der Waals surface area contributed by atoms with Crippen molar-refractivity contribution in [3.8, 4) is 5.75 Å². The average Bonchev–Trinajstić information content (AvgIpc) is 2.03. The van der Waals surface area contributed by atoms with Gasteiger partial charge in [-0.25, -0.2) is 0 Å². The maximum atomic E-state index is 10.9. The molecule has 0 saturated carbocycles. The number of carbonyl (C=O) groups excluding carboxylic acids is 1. The molecule has 0 radical (unpaired) electrons. The highest BCUT2D eigenvalue weighted by molar-refractivity contribution is 14.1. The van der Waals surface area contributed by atoms with Gasteiger partial charge in [0.2, 0.25) is 0 Å². The number of carbonyl (C=O) groups is 1. The molecular weight excluding hydrogens is 269 g/mol. The molecule has 0 unspecified atom stereocenters. The van der Waals surface area contributed by atoms with Crippen LogP contribution in [0.4, 0.5) is 5.69 Å². The second-order valence-corrected chi connectivity index (χ2v) is 3.72. The molecule has 0 aliphatic carbocycles. The van der Waals surface area contributed by atoms with E-state index in [2.05, 4.69) is 27.9 Å². The van der Waals surface area contributed by atoms with Gasteiger partial charge in [0, 0.05) is 3.57 Å². The highest BCUT2D eigenvalue weighted by Gasteiger charge is 2.14. The third kappa shape index (κ3) is 1.38. The van der Waals surface area contributed by atoms with Crippen LogP contribution in [0, 0.1) is 3.57 Å². The van der Waals surface area contributed by atoms with Crippen molar-refractivity contribution >= 4 is 34.2 Å². The fourth-order valence-corrected chi connectivity index (χ4v) is 1.55. The van der Waals surface area contributed by atoms with Crippen LogP contribution in [-0.4, -0.2) is 12.5 Å². The first kappa shape index (κ1) is 7.85. The van der Waals surface area contributed by atoms with Crippen LogP contribution in [0.2, 0.25) is 0 Å². The molecule has 0 fully saturated rings. The van der Waals surface area contributed by atoms with E-state index in [4.69, 9.17) is 4.74 Å². The number of ether oxygens (including phenoxy) is 1. The molecule has 1 N–H and O–H groups in total. The van der Waals surface area contributed by atoms with Crippen LogP contribution in [0.3, 0.4) is 0 Å². The summed E-state index contributed by atoms with van der Waals surface area (Å²) in [5.74, 6) is 0.652. The molecule has 62 valence electrons. The Kier molecular flexibility index (Phi) is 1.92. The molecule has 0 spiro atoms. The lowest BCUT2D eigenvalue weighted by Gasteiger charge is -2.17. The lowest BCUT2D eigenvalue weighted by atomic mass is 10.2. The lowest BCUT2D eigenvalue weighted by molar-refractivity contribution is -0.118. The predicted molar refractivity (Wildman–Crippen MR) is 53.3 cm³/mol. The molecule has 1 aromatic rings. The average molecular weight is 275 g/mol. The van der Waals surface area contributed by atoms with Gasteiger partial charge >= 0.3 is 0 Å². The summed E-state index contributed by atoms with van der Waals surface area (Å²) >= 11 is 2.19. The number of rotatable bonds is 0. The Hall–Kier alpha value is -0.780. The molecule has 1 amide bonds. The summed E-state index contributed by atoms with van der Waals surface area (Å²) < 4.78 is 6.26. The van der Waals surface area contributed by atoms with Crippen LogP contribution in [0.25, 0.3) is 0 Å². The van der Waals surface area contributed by atoms with E-state index in [1.165, 1.54) is 0 Å². The van der Waals surface area contributed by atoms with Crippen molar-refractivity contribution in [3.05, 3.63) is 21.8 Å². The van der Waals surface area contributed by atoms with Crippen molar-refractivity contribution in [2.45, 2.75) is 0 Å². The van der Waals surface area contributed by atoms with Gasteiger partial charge in [0.15, 0.2) is 6.61 Å². The second kappa shape index (κ2) is 2.93. The first-order valence-corrected chi connectivity index (χ1v) is 4.56. The summed E-state index contributed by atoms with van der Waals surface area (Å²) in [4.78, 5) is 10.9. The van der Waals surface area contributed by atoms with Gasteiger partial charge in [-0.15, -0.1) is 0 Å². The number of nitrogens with one attached hydrogen (secondary N) is 1. The Bertz CT molecular complexity index is 338. The number of fused-ring (bicyclic) bond motifs is 1. The smallest absolute Gasteiger partial charge is 0.262 e. The van der Waals surface area contributed by atoms with Crippen LogP contribution in [0.15, 0.2) is 18.2 Å². The second-order valence-electron chi connectivity index (χ2n) is 2.48. The van der Waals surface area contributed by atoms with Crippen molar-refractivity contribution in [2.75, 3.05) is 11.9 Å². The zero-order valence-electron chi connectivity index (χ0n) is 6.13. The summed E-state index contributed by atoms with van der Waals surface area (Å²) in [7, 11) is 0. The fourth-order valence-electron chi connectivity index (χ4n) is 1.06.